The third-order valence-corrected chi connectivity index (χ3v) is 19.8. The molecule has 8 nitrogen and oxygen atoms in total. The first kappa shape index (κ1) is 42.2. The van der Waals surface area contributed by atoms with Gasteiger partial charge in [0, 0.05) is 31.7 Å². The molecule has 1 N–H and O–H groups in total. The van der Waals surface area contributed by atoms with E-state index in [1.54, 1.807) is 13.8 Å². The summed E-state index contributed by atoms with van der Waals surface area (Å²) < 4.78 is 35.0. The lowest BCUT2D eigenvalue weighted by atomic mass is 9.33. The van der Waals surface area contributed by atoms with Crippen LogP contribution in [0, 0.1) is 56.7 Å². The van der Waals surface area contributed by atoms with Crippen molar-refractivity contribution in [3.05, 3.63) is 35.5 Å². The molecule has 7 aliphatic rings. The standard InChI is InChI=1S/C47H74N2O6S/c1-10-54-40(50)46(41(51)55-11-2)21-14-33(15-22-46)35-17-19-43(7)37(42(35,5)6)18-20-45(9)38(43)13-12-36-39-34(32(3)4)16-23-47(39,25-24-44(36,45)8)48-26-27-49-28-30-56(52,53)31-29-49/h14,17,34,36-39,48H,3,10-13,15-16,18-31H2,1-2,4-9H3/t34-,36+,37-,38+,39+,43-,44+,45+,47-/m0/s1. The van der Waals surface area contributed by atoms with Crippen LogP contribution in [0.15, 0.2) is 35.5 Å². The predicted molar refractivity (Wildman–Crippen MR) is 223 cm³/mol. The first-order valence-electron chi connectivity index (χ1n) is 22.4. The second-order valence-corrected chi connectivity index (χ2v) is 23.1. The number of nitrogens with zero attached hydrogens (tertiary/aromatic N) is 1. The summed E-state index contributed by atoms with van der Waals surface area (Å²) in [5.41, 5.74) is 3.65. The number of nitrogens with one attached hydrogen (secondary N) is 1. The molecular weight excluding hydrogens is 721 g/mol. The fourth-order valence-corrected chi connectivity index (χ4v) is 16.4. The lowest BCUT2D eigenvalue weighted by molar-refractivity contribution is -0.221. The van der Waals surface area contributed by atoms with Crippen LogP contribution in [0.2, 0.25) is 0 Å². The van der Waals surface area contributed by atoms with Crippen LogP contribution in [0.25, 0.3) is 0 Å². The van der Waals surface area contributed by atoms with Crippen LogP contribution in [0.1, 0.15) is 132 Å². The Morgan fingerprint density at radius 1 is 0.839 bits per heavy atom. The molecule has 1 saturated heterocycles. The molecule has 9 atom stereocenters. The van der Waals surface area contributed by atoms with Gasteiger partial charge in [-0.25, -0.2) is 8.42 Å². The van der Waals surface area contributed by atoms with E-state index in [9.17, 15) is 18.0 Å². The lowest BCUT2D eigenvalue weighted by Gasteiger charge is -2.72. The average molecular weight is 795 g/mol. The number of hydrogen-bond donors (Lipinski definition) is 1. The molecular formula is C47H74N2O6S. The van der Waals surface area contributed by atoms with Gasteiger partial charge in [0.15, 0.2) is 15.3 Å². The largest absolute Gasteiger partial charge is 0.465 e. The maximum absolute atomic E-state index is 13.2. The molecule has 0 amide bonds. The van der Waals surface area contributed by atoms with Gasteiger partial charge in [0.05, 0.1) is 24.7 Å². The van der Waals surface area contributed by atoms with Crippen molar-refractivity contribution in [1.82, 2.24) is 10.2 Å². The molecule has 1 heterocycles. The Hall–Kier alpha value is -1.97. The molecule has 0 aromatic rings. The van der Waals surface area contributed by atoms with E-state index in [0.717, 1.165) is 19.5 Å². The molecule has 9 heteroatoms. The first-order chi connectivity index (χ1) is 26.3. The van der Waals surface area contributed by atoms with E-state index in [0.29, 0.717) is 73.4 Å². The van der Waals surface area contributed by atoms with Gasteiger partial charge in [0.1, 0.15) is 0 Å². The van der Waals surface area contributed by atoms with Gasteiger partial charge in [0.25, 0.3) is 0 Å². The molecule has 0 radical (unpaired) electrons. The van der Waals surface area contributed by atoms with E-state index in [1.807, 2.05) is 0 Å². The van der Waals surface area contributed by atoms with E-state index in [2.05, 4.69) is 70.5 Å². The third-order valence-electron chi connectivity index (χ3n) is 18.2. The van der Waals surface area contributed by atoms with E-state index in [-0.39, 0.29) is 40.4 Å². The number of fused-ring (bicyclic) bond motifs is 7. The summed E-state index contributed by atoms with van der Waals surface area (Å²) >= 11 is 0. The van der Waals surface area contributed by atoms with Crippen molar-refractivity contribution in [3.63, 3.8) is 0 Å². The van der Waals surface area contributed by atoms with E-state index in [4.69, 9.17) is 9.47 Å². The van der Waals surface area contributed by atoms with Crippen LogP contribution in [0.5, 0.6) is 0 Å². The number of esters is 2. The molecule has 0 unspecified atom stereocenters. The zero-order chi connectivity index (χ0) is 40.5. The fraction of sp³-hybridized carbons (Fsp3) is 0.830. The van der Waals surface area contributed by atoms with Gasteiger partial charge in [0.2, 0.25) is 0 Å². The topological polar surface area (TPSA) is 102 Å². The SMILES string of the molecule is C=C(C)[C@@H]1CC[C@]2(NCCN3CCS(=O)(=O)CC3)CC[C@]3(C)[C@H](CC[C@@H]4[C@@]5(C)CC=C(C6=CCC(C(=O)OCC)(C(=O)OCC)CC6)C(C)(C)[C@@H]5CC[C@]43C)[C@@H]12. The van der Waals surface area contributed by atoms with Gasteiger partial charge in [-0.2, -0.15) is 0 Å². The summed E-state index contributed by atoms with van der Waals surface area (Å²) in [5, 5.41) is 4.22. The van der Waals surface area contributed by atoms with Crippen LogP contribution in [0.3, 0.4) is 0 Å². The van der Waals surface area contributed by atoms with Gasteiger partial charge in [-0.3, -0.25) is 9.59 Å². The minimum atomic E-state index is -2.87. The number of sulfone groups is 1. The van der Waals surface area contributed by atoms with Gasteiger partial charge >= 0.3 is 11.9 Å². The van der Waals surface area contributed by atoms with Crippen LogP contribution in [-0.4, -0.2) is 81.7 Å². The second kappa shape index (κ2) is 14.9. The van der Waals surface area contributed by atoms with Crippen LogP contribution in [0.4, 0.5) is 0 Å². The summed E-state index contributed by atoms with van der Waals surface area (Å²) in [5.74, 6) is 2.68. The zero-order valence-corrected chi connectivity index (χ0v) is 37.0. The molecule has 56 heavy (non-hydrogen) atoms. The van der Waals surface area contributed by atoms with Crippen molar-refractivity contribution < 1.29 is 27.5 Å². The number of rotatable bonds is 10. The van der Waals surface area contributed by atoms with Crippen molar-refractivity contribution in [3.8, 4) is 0 Å². The van der Waals surface area contributed by atoms with Gasteiger partial charge in [-0.05, 0) is 160 Å². The summed E-state index contributed by atoms with van der Waals surface area (Å²) in [6.07, 6.45) is 17.2. The fourth-order valence-electron chi connectivity index (χ4n) is 15.1. The maximum Gasteiger partial charge on any atom is 0.323 e. The van der Waals surface area contributed by atoms with Crippen molar-refractivity contribution in [2.75, 3.05) is 50.9 Å². The summed E-state index contributed by atoms with van der Waals surface area (Å²) in [4.78, 5) is 28.8. The van der Waals surface area contributed by atoms with Crippen molar-refractivity contribution in [2.24, 2.45) is 56.7 Å². The van der Waals surface area contributed by atoms with Gasteiger partial charge in [-0.1, -0.05) is 58.9 Å². The highest BCUT2D eigenvalue weighted by Crippen LogP contribution is 2.76. The Kier molecular flexibility index (Phi) is 11.2. The second-order valence-electron chi connectivity index (χ2n) is 20.8. The van der Waals surface area contributed by atoms with Gasteiger partial charge < -0.3 is 19.7 Å². The first-order valence-corrected chi connectivity index (χ1v) is 24.2. The Morgan fingerprint density at radius 2 is 1.52 bits per heavy atom. The lowest BCUT2D eigenvalue weighted by Crippen LogP contribution is -2.68. The molecule has 5 fully saturated rings. The smallest absolute Gasteiger partial charge is 0.323 e. The summed E-state index contributed by atoms with van der Waals surface area (Å²) in [6, 6.07) is 0. The Bertz CT molecular complexity index is 1720. The highest BCUT2D eigenvalue weighted by Gasteiger charge is 2.70. The summed E-state index contributed by atoms with van der Waals surface area (Å²) in [7, 11) is -2.87. The molecule has 0 spiro atoms. The molecule has 0 aromatic carbocycles. The van der Waals surface area contributed by atoms with E-state index in [1.165, 1.54) is 68.1 Å². The van der Waals surface area contributed by atoms with E-state index < -0.39 is 27.2 Å². The number of ether oxygens (including phenoxy) is 2. The highest BCUT2D eigenvalue weighted by molar-refractivity contribution is 7.91. The molecule has 1 aliphatic heterocycles. The molecule has 6 aliphatic carbocycles. The minimum Gasteiger partial charge on any atom is -0.465 e. The highest BCUT2D eigenvalue weighted by atomic mass is 32.2. The van der Waals surface area contributed by atoms with Crippen LogP contribution < -0.4 is 5.32 Å². The summed E-state index contributed by atoms with van der Waals surface area (Å²) in [6.45, 7) is 27.2. The molecule has 4 saturated carbocycles. The van der Waals surface area contributed by atoms with Crippen molar-refractivity contribution in [2.45, 2.75) is 138 Å². The average Bonchev–Trinajstić information content (AvgIpc) is 3.53. The number of hydrogen-bond acceptors (Lipinski definition) is 8. The van der Waals surface area contributed by atoms with Crippen LogP contribution >= 0.6 is 0 Å². The number of carbonyl (C=O) groups excluding carboxylic acids is 2. The predicted octanol–water partition coefficient (Wildman–Crippen LogP) is 8.48. The van der Waals surface area contributed by atoms with Crippen LogP contribution in [-0.2, 0) is 28.9 Å². The molecule has 7 rings (SSSR count). The van der Waals surface area contributed by atoms with E-state index >= 15 is 0 Å². The third kappa shape index (κ3) is 6.53. The molecule has 314 valence electrons. The number of allylic oxidation sites excluding steroid dienone is 5. The molecule has 0 aromatic heterocycles. The minimum absolute atomic E-state index is 0.0214. The molecule has 0 bridgehead atoms. The van der Waals surface area contributed by atoms with Gasteiger partial charge in [-0.15, -0.1) is 0 Å². The Morgan fingerprint density at radius 3 is 2.12 bits per heavy atom. The Labute approximate surface area is 339 Å². The van der Waals surface area contributed by atoms with Crippen molar-refractivity contribution in [1.29, 1.82) is 0 Å². The monoisotopic (exact) mass is 795 g/mol. The quantitative estimate of drug-likeness (QED) is 0.134. The normalized spacial score (nSPS) is 41.1. The Balaban J connectivity index is 1.12. The maximum atomic E-state index is 13.2. The number of carbonyl (C=O) groups is 2. The zero-order valence-electron chi connectivity index (χ0n) is 36.2. The van der Waals surface area contributed by atoms with Crippen molar-refractivity contribution >= 4 is 21.8 Å².